The molecule has 2 aromatic rings. The fourth-order valence-corrected chi connectivity index (χ4v) is 4.56. The zero-order chi connectivity index (χ0) is 17.3. The van der Waals surface area contributed by atoms with Crippen LogP contribution in [0.4, 0.5) is 5.69 Å². The van der Waals surface area contributed by atoms with Crippen molar-refractivity contribution in [2.75, 3.05) is 31.1 Å². The summed E-state index contributed by atoms with van der Waals surface area (Å²) in [6.45, 7) is 2.04. The van der Waals surface area contributed by atoms with Crippen LogP contribution in [0.25, 0.3) is 0 Å². The number of anilines is 1. The third-order valence-corrected chi connectivity index (χ3v) is 6.84. The Hall–Kier alpha value is -0.980. The van der Waals surface area contributed by atoms with Crippen molar-refractivity contribution in [1.82, 2.24) is 4.31 Å². The minimum Gasteiger partial charge on any atom is -0.369 e. The molecule has 3 rings (SSSR count). The van der Waals surface area contributed by atoms with Crippen molar-refractivity contribution in [3.05, 3.63) is 57.5 Å². The first-order valence-electron chi connectivity index (χ1n) is 7.33. The second-order valence-corrected chi connectivity index (χ2v) is 8.63. The lowest BCUT2D eigenvalue weighted by Gasteiger charge is -2.35. The fraction of sp³-hybridized carbons (Fsp3) is 0.250. The third-order valence-electron chi connectivity index (χ3n) is 3.96. The maximum atomic E-state index is 12.7. The number of rotatable bonds is 3. The minimum absolute atomic E-state index is 0.164. The molecular weight excluding hydrogens is 391 g/mol. The third kappa shape index (κ3) is 3.65. The molecule has 1 saturated heterocycles. The van der Waals surface area contributed by atoms with E-state index in [9.17, 15) is 8.42 Å². The maximum Gasteiger partial charge on any atom is 0.243 e. The molecule has 4 nitrogen and oxygen atoms in total. The average Bonchev–Trinajstić information content (AvgIpc) is 2.58. The van der Waals surface area contributed by atoms with Crippen molar-refractivity contribution in [3.63, 3.8) is 0 Å². The van der Waals surface area contributed by atoms with E-state index in [0.29, 0.717) is 36.2 Å². The summed E-state index contributed by atoms with van der Waals surface area (Å²) in [5.74, 6) is 0. The first-order valence-corrected chi connectivity index (χ1v) is 9.91. The van der Waals surface area contributed by atoms with E-state index in [1.807, 2.05) is 24.3 Å². The van der Waals surface area contributed by atoms with Crippen LogP contribution in [0.5, 0.6) is 0 Å². The van der Waals surface area contributed by atoms with E-state index in [0.717, 1.165) is 5.69 Å². The fourth-order valence-electron chi connectivity index (χ4n) is 2.62. The molecule has 1 aliphatic heterocycles. The van der Waals surface area contributed by atoms with Crippen LogP contribution in [0, 0.1) is 0 Å². The van der Waals surface area contributed by atoms with Crippen molar-refractivity contribution in [2.45, 2.75) is 4.90 Å². The summed E-state index contributed by atoms with van der Waals surface area (Å²) in [5, 5.41) is 1.25. The Morgan fingerprint density at radius 3 is 2.00 bits per heavy atom. The molecule has 0 bridgehead atoms. The zero-order valence-electron chi connectivity index (χ0n) is 12.6. The van der Waals surface area contributed by atoms with Gasteiger partial charge in [0.15, 0.2) is 0 Å². The lowest BCUT2D eigenvalue weighted by molar-refractivity contribution is 0.385. The Bertz CT molecular complexity index is 833. The highest BCUT2D eigenvalue weighted by atomic mass is 35.5. The predicted octanol–water partition coefficient (Wildman–Crippen LogP) is 4.16. The monoisotopic (exact) mass is 404 g/mol. The van der Waals surface area contributed by atoms with Gasteiger partial charge < -0.3 is 4.90 Å². The Labute approximate surface area is 156 Å². The molecule has 8 heteroatoms. The van der Waals surface area contributed by atoms with E-state index in [1.54, 1.807) is 0 Å². The van der Waals surface area contributed by atoms with Gasteiger partial charge in [0.2, 0.25) is 10.0 Å². The molecule has 0 aliphatic carbocycles. The lowest BCUT2D eigenvalue weighted by Crippen LogP contribution is -2.48. The Morgan fingerprint density at radius 2 is 1.42 bits per heavy atom. The van der Waals surface area contributed by atoms with Crippen molar-refractivity contribution in [1.29, 1.82) is 0 Å². The van der Waals surface area contributed by atoms with E-state index in [-0.39, 0.29) is 9.92 Å². The Morgan fingerprint density at radius 1 is 0.792 bits per heavy atom. The highest BCUT2D eigenvalue weighted by molar-refractivity contribution is 7.89. The second kappa shape index (κ2) is 7.10. The molecule has 0 aromatic heterocycles. The van der Waals surface area contributed by atoms with Crippen LogP contribution in [-0.2, 0) is 10.0 Å². The average molecular weight is 406 g/mol. The zero-order valence-corrected chi connectivity index (χ0v) is 15.7. The summed E-state index contributed by atoms with van der Waals surface area (Å²) < 4.78 is 26.9. The maximum absolute atomic E-state index is 12.7. The molecule has 0 N–H and O–H groups in total. The molecule has 24 heavy (non-hydrogen) atoms. The summed E-state index contributed by atoms with van der Waals surface area (Å²) in [6, 6.07) is 11.9. The van der Waals surface area contributed by atoms with Crippen molar-refractivity contribution in [3.8, 4) is 0 Å². The normalized spacial score (nSPS) is 16.4. The molecule has 2 aromatic carbocycles. The first kappa shape index (κ1) is 17.8. The van der Waals surface area contributed by atoms with Gasteiger partial charge in [-0.2, -0.15) is 4.31 Å². The van der Waals surface area contributed by atoms with E-state index in [1.165, 1.54) is 22.5 Å². The number of nitrogens with zero attached hydrogens (tertiary/aromatic N) is 2. The van der Waals surface area contributed by atoms with E-state index >= 15 is 0 Å². The molecule has 1 fully saturated rings. The summed E-state index contributed by atoms with van der Waals surface area (Å²) in [7, 11) is -3.57. The van der Waals surface area contributed by atoms with Gasteiger partial charge in [0.1, 0.15) is 0 Å². The van der Waals surface area contributed by atoms with Gasteiger partial charge in [-0.1, -0.05) is 34.8 Å². The number of halogens is 3. The topological polar surface area (TPSA) is 40.6 Å². The van der Waals surface area contributed by atoms with Crippen molar-refractivity contribution in [2.24, 2.45) is 0 Å². The van der Waals surface area contributed by atoms with Gasteiger partial charge in [0.25, 0.3) is 0 Å². The van der Waals surface area contributed by atoms with Crippen LogP contribution >= 0.6 is 34.8 Å². The van der Waals surface area contributed by atoms with Gasteiger partial charge in [-0.25, -0.2) is 8.42 Å². The van der Waals surface area contributed by atoms with Crippen LogP contribution in [0.2, 0.25) is 15.1 Å². The number of benzene rings is 2. The summed E-state index contributed by atoms with van der Waals surface area (Å²) >= 11 is 17.7. The molecule has 0 radical (unpaired) electrons. The minimum atomic E-state index is -3.57. The summed E-state index contributed by atoms with van der Waals surface area (Å²) in [6.07, 6.45) is 0. The summed E-state index contributed by atoms with van der Waals surface area (Å²) in [5.41, 5.74) is 1.03. The number of hydrogen-bond donors (Lipinski definition) is 0. The van der Waals surface area contributed by atoms with Crippen LogP contribution in [-0.4, -0.2) is 38.9 Å². The summed E-state index contributed by atoms with van der Waals surface area (Å²) in [4.78, 5) is 2.30. The highest BCUT2D eigenvalue weighted by Crippen LogP contribution is 2.27. The largest absolute Gasteiger partial charge is 0.369 e. The molecule has 0 unspecified atom stereocenters. The SMILES string of the molecule is O=S(=O)(c1ccc(Cl)c(Cl)c1)N1CCN(c2ccc(Cl)cc2)CC1. The lowest BCUT2D eigenvalue weighted by atomic mass is 10.2. The molecule has 0 saturated carbocycles. The van der Waals surface area contributed by atoms with Gasteiger partial charge in [-0.3, -0.25) is 0 Å². The quantitative estimate of drug-likeness (QED) is 0.770. The van der Waals surface area contributed by atoms with Gasteiger partial charge in [-0.15, -0.1) is 0 Å². The van der Waals surface area contributed by atoms with Crippen molar-refractivity contribution >= 4 is 50.5 Å². The van der Waals surface area contributed by atoms with E-state index < -0.39 is 10.0 Å². The molecule has 0 spiro atoms. The molecule has 0 amide bonds. The number of hydrogen-bond acceptors (Lipinski definition) is 3. The molecule has 128 valence electrons. The van der Waals surface area contributed by atoms with Crippen molar-refractivity contribution < 1.29 is 8.42 Å². The Balaban J connectivity index is 1.73. The highest BCUT2D eigenvalue weighted by Gasteiger charge is 2.29. The van der Waals surface area contributed by atoms with Gasteiger partial charge in [0.05, 0.1) is 14.9 Å². The van der Waals surface area contributed by atoms with Crippen LogP contribution in [0.15, 0.2) is 47.4 Å². The van der Waals surface area contributed by atoms with Gasteiger partial charge >= 0.3 is 0 Å². The molecule has 1 heterocycles. The second-order valence-electron chi connectivity index (χ2n) is 5.44. The van der Waals surface area contributed by atoms with E-state index in [2.05, 4.69) is 4.90 Å². The van der Waals surface area contributed by atoms with Gasteiger partial charge in [-0.05, 0) is 42.5 Å². The van der Waals surface area contributed by atoms with Gasteiger partial charge in [0, 0.05) is 36.9 Å². The molecule has 0 atom stereocenters. The van der Waals surface area contributed by atoms with Crippen LogP contribution < -0.4 is 4.90 Å². The van der Waals surface area contributed by atoms with Crippen LogP contribution in [0.3, 0.4) is 0 Å². The van der Waals surface area contributed by atoms with Crippen LogP contribution in [0.1, 0.15) is 0 Å². The smallest absolute Gasteiger partial charge is 0.243 e. The first-order chi connectivity index (χ1) is 11.4. The number of sulfonamides is 1. The molecular formula is C16H15Cl3N2O2S. The van der Waals surface area contributed by atoms with E-state index in [4.69, 9.17) is 34.8 Å². The molecule has 1 aliphatic rings. The Kier molecular flexibility index (Phi) is 5.27. The number of piperazine rings is 1. The predicted molar refractivity (Wildman–Crippen MR) is 98.9 cm³/mol. The standard InChI is InChI=1S/C16H15Cl3N2O2S/c17-12-1-3-13(4-2-12)20-7-9-21(10-8-20)24(22,23)14-5-6-15(18)16(19)11-14/h1-6,11H,7-10H2.